The molecule has 0 radical (unpaired) electrons. The first-order chi connectivity index (χ1) is 8.59. The van der Waals surface area contributed by atoms with E-state index in [0.29, 0.717) is 3.57 Å². The van der Waals surface area contributed by atoms with Crippen LogP contribution in [0, 0.1) is 9.39 Å². The molecule has 1 heterocycles. The van der Waals surface area contributed by atoms with Gasteiger partial charge in [-0.05, 0) is 34.7 Å². The number of ether oxygens (including phenoxy) is 1. The quantitative estimate of drug-likeness (QED) is 0.853. The molecule has 7 heteroatoms. The number of carboxylic acid groups (broad SMARTS) is 1. The van der Waals surface area contributed by atoms with E-state index in [9.17, 15) is 9.18 Å². The van der Waals surface area contributed by atoms with Crippen LogP contribution in [0.3, 0.4) is 0 Å². The predicted octanol–water partition coefficient (Wildman–Crippen LogP) is 2.71. The van der Waals surface area contributed by atoms with Crippen LogP contribution >= 0.6 is 22.6 Å². The first-order valence-corrected chi connectivity index (χ1v) is 5.82. The highest BCUT2D eigenvalue weighted by Gasteiger charge is 2.18. The zero-order chi connectivity index (χ0) is 13.1. The third-order valence-electron chi connectivity index (χ3n) is 2.03. The van der Waals surface area contributed by atoms with Crippen LogP contribution in [-0.4, -0.2) is 21.0 Å². The average molecular weight is 360 g/mol. The summed E-state index contributed by atoms with van der Waals surface area (Å²) in [6.45, 7) is 0. The second-order valence-electron chi connectivity index (χ2n) is 3.20. The van der Waals surface area contributed by atoms with Gasteiger partial charge in [0.05, 0.1) is 3.57 Å². The second-order valence-corrected chi connectivity index (χ2v) is 4.36. The Balaban J connectivity index is 2.44. The minimum atomic E-state index is -1.40. The van der Waals surface area contributed by atoms with Crippen LogP contribution in [-0.2, 0) is 0 Å². The summed E-state index contributed by atoms with van der Waals surface area (Å²) in [6, 6.07) is 3.79. The lowest BCUT2D eigenvalue weighted by molar-refractivity contribution is 0.0689. The van der Waals surface area contributed by atoms with Gasteiger partial charge in [0.15, 0.2) is 0 Å². The number of halogens is 2. The Kier molecular flexibility index (Phi) is 3.70. The monoisotopic (exact) mass is 360 g/mol. The summed E-state index contributed by atoms with van der Waals surface area (Å²) < 4.78 is 19.3. The third-order valence-corrected chi connectivity index (χ3v) is 2.77. The lowest BCUT2D eigenvalue weighted by Crippen LogP contribution is -2.04. The van der Waals surface area contributed by atoms with Gasteiger partial charge in [0.25, 0.3) is 0 Å². The summed E-state index contributed by atoms with van der Waals surface area (Å²) in [5, 5.41) is 8.94. The molecule has 5 nitrogen and oxygen atoms in total. The molecule has 0 unspecified atom stereocenters. The first kappa shape index (κ1) is 12.7. The number of benzene rings is 1. The van der Waals surface area contributed by atoms with E-state index in [1.54, 1.807) is 0 Å². The largest absolute Gasteiger partial charge is 0.477 e. The number of hydrogen-bond acceptors (Lipinski definition) is 4. The van der Waals surface area contributed by atoms with Gasteiger partial charge in [-0.15, -0.1) is 0 Å². The van der Waals surface area contributed by atoms with Crippen LogP contribution in [0.2, 0.25) is 0 Å². The molecule has 0 bridgehead atoms. The maximum Gasteiger partial charge on any atom is 0.342 e. The fourth-order valence-electron chi connectivity index (χ4n) is 1.28. The number of aromatic carboxylic acids is 1. The van der Waals surface area contributed by atoms with E-state index >= 15 is 0 Å². The van der Waals surface area contributed by atoms with E-state index in [0.717, 1.165) is 6.07 Å². The molecular weight excluding hydrogens is 354 g/mol. The van der Waals surface area contributed by atoms with Crippen LogP contribution in [0.4, 0.5) is 4.39 Å². The van der Waals surface area contributed by atoms with Gasteiger partial charge in [-0.25, -0.2) is 19.2 Å². The molecule has 2 aromatic rings. The van der Waals surface area contributed by atoms with Crippen molar-refractivity contribution in [3.8, 4) is 11.6 Å². The number of rotatable bonds is 3. The highest BCUT2D eigenvalue weighted by Crippen LogP contribution is 2.28. The molecule has 92 valence electrons. The summed E-state index contributed by atoms with van der Waals surface area (Å²) >= 11 is 1.93. The van der Waals surface area contributed by atoms with Crippen molar-refractivity contribution in [1.29, 1.82) is 0 Å². The van der Waals surface area contributed by atoms with Gasteiger partial charge < -0.3 is 9.84 Å². The molecule has 0 aliphatic carbocycles. The number of aromatic nitrogens is 2. The SMILES string of the molecule is O=C(O)c1c(F)cccc1Oc1ncncc1I. The molecule has 0 amide bonds. The molecule has 0 saturated carbocycles. The standard InChI is InChI=1S/C11H6FIN2O3/c12-6-2-1-3-8(9(6)11(16)17)18-10-7(13)4-14-5-15-10/h1-5H,(H,16,17). The second kappa shape index (κ2) is 5.25. The van der Waals surface area contributed by atoms with E-state index in [2.05, 4.69) is 9.97 Å². The van der Waals surface area contributed by atoms with Crippen molar-refractivity contribution in [2.24, 2.45) is 0 Å². The minimum absolute atomic E-state index is 0.0980. The Morgan fingerprint density at radius 2 is 2.22 bits per heavy atom. The molecule has 0 aliphatic heterocycles. The van der Waals surface area contributed by atoms with Crippen molar-refractivity contribution in [2.45, 2.75) is 0 Å². The van der Waals surface area contributed by atoms with Crippen molar-refractivity contribution in [2.75, 3.05) is 0 Å². The maximum absolute atomic E-state index is 13.4. The van der Waals surface area contributed by atoms with E-state index in [1.165, 1.54) is 24.7 Å². The smallest absolute Gasteiger partial charge is 0.342 e. The van der Waals surface area contributed by atoms with Gasteiger partial charge in [-0.2, -0.15) is 0 Å². The first-order valence-electron chi connectivity index (χ1n) is 4.74. The molecule has 0 fully saturated rings. The van der Waals surface area contributed by atoms with Crippen molar-refractivity contribution in [3.63, 3.8) is 0 Å². The molecule has 0 aliphatic rings. The molecule has 0 saturated heterocycles. The zero-order valence-electron chi connectivity index (χ0n) is 8.80. The van der Waals surface area contributed by atoms with Gasteiger partial charge in [0, 0.05) is 6.20 Å². The molecule has 2 rings (SSSR count). The fraction of sp³-hybridized carbons (Fsp3) is 0. The van der Waals surface area contributed by atoms with Crippen LogP contribution in [0.1, 0.15) is 10.4 Å². The Bertz CT molecular complexity index is 607. The number of nitrogens with zero attached hydrogens (tertiary/aromatic N) is 2. The molecule has 0 spiro atoms. The number of carboxylic acids is 1. The topological polar surface area (TPSA) is 72.3 Å². The van der Waals surface area contributed by atoms with Crippen LogP contribution in [0.25, 0.3) is 0 Å². The van der Waals surface area contributed by atoms with Crippen molar-refractivity contribution in [1.82, 2.24) is 9.97 Å². The summed E-state index contributed by atoms with van der Waals surface area (Å²) in [5.74, 6) is -2.17. The highest BCUT2D eigenvalue weighted by molar-refractivity contribution is 14.1. The lowest BCUT2D eigenvalue weighted by Gasteiger charge is -2.09. The van der Waals surface area contributed by atoms with Crippen molar-refractivity contribution >= 4 is 28.6 Å². The van der Waals surface area contributed by atoms with E-state index in [-0.39, 0.29) is 11.6 Å². The molecular formula is C11H6FIN2O3. The lowest BCUT2D eigenvalue weighted by atomic mass is 10.2. The Hall–Kier alpha value is -1.77. The molecule has 18 heavy (non-hydrogen) atoms. The Morgan fingerprint density at radius 3 is 2.89 bits per heavy atom. The average Bonchev–Trinajstić information content (AvgIpc) is 2.31. The van der Waals surface area contributed by atoms with Gasteiger partial charge in [-0.3, -0.25) is 0 Å². The zero-order valence-corrected chi connectivity index (χ0v) is 11.0. The Labute approximate surface area is 115 Å². The Morgan fingerprint density at radius 1 is 1.44 bits per heavy atom. The van der Waals surface area contributed by atoms with E-state index < -0.39 is 17.3 Å². The van der Waals surface area contributed by atoms with E-state index in [1.807, 2.05) is 22.6 Å². The molecule has 1 N–H and O–H groups in total. The summed E-state index contributed by atoms with van der Waals surface area (Å²) in [4.78, 5) is 18.6. The highest BCUT2D eigenvalue weighted by atomic mass is 127. The molecule has 0 atom stereocenters. The molecule has 1 aromatic heterocycles. The van der Waals surface area contributed by atoms with Gasteiger partial charge in [-0.1, -0.05) is 6.07 Å². The van der Waals surface area contributed by atoms with Crippen molar-refractivity contribution in [3.05, 3.63) is 45.7 Å². The van der Waals surface area contributed by atoms with Gasteiger partial charge in [0.1, 0.15) is 23.5 Å². The van der Waals surface area contributed by atoms with Crippen LogP contribution < -0.4 is 4.74 Å². The minimum Gasteiger partial charge on any atom is -0.477 e. The van der Waals surface area contributed by atoms with Gasteiger partial charge >= 0.3 is 5.97 Å². The third kappa shape index (κ3) is 2.55. The van der Waals surface area contributed by atoms with Gasteiger partial charge in [0.2, 0.25) is 5.88 Å². The normalized spacial score (nSPS) is 10.1. The number of hydrogen-bond donors (Lipinski definition) is 1. The fourth-order valence-corrected chi connectivity index (χ4v) is 1.69. The molecule has 1 aromatic carbocycles. The summed E-state index contributed by atoms with van der Waals surface area (Å²) in [5.41, 5.74) is -0.521. The van der Waals surface area contributed by atoms with Crippen molar-refractivity contribution < 1.29 is 19.0 Å². The predicted molar refractivity (Wildman–Crippen MR) is 68.2 cm³/mol. The summed E-state index contributed by atoms with van der Waals surface area (Å²) in [6.07, 6.45) is 2.76. The van der Waals surface area contributed by atoms with Crippen LogP contribution in [0.15, 0.2) is 30.7 Å². The summed E-state index contributed by atoms with van der Waals surface area (Å²) in [7, 11) is 0. The van der Waals surface area contributed by atoms with E-state index in [4.69, 9.17) is 9.84 Å². The maximum atomic E-state index is 13.4. The van der Waals surface area contributed by atoms with Crippen LogP contribution in [0.5, 0.6) is 11.6 Å². The number of carbonyl (C=O) groups is 1.